The summed E-state index contributed by atoms with van der Waals surface area (Å²) < 4.78 is 18.4. The second kappa shape index (κ2) is 7.92. The average Bonchev–Trinajstić information content (AvgIpc) is 3.41. The third kappa shape index (κ3) is 3.46. The lowest BCUT2D eigenvalue weighted by atomic mass is 9.94. The predicted octanol–water partition coefficient (Wildman–Crippen LogP) is 2.75. The van der Waals surface area contributed by atoms with Crippen molar-refractivity contribution < 1.29 is 19.0 Å². The summed E-state index contributed by atoms with van der Waals surface area (Å²) in [6, 6.07) is 7.41. The van der Waals surface area contributed by atoms with Gasteiger partial charge in [0, 0.05) is 32.0 Å². The number of nitrogens with one attached hydrogen (secondary N) is 1. The fourth-order valence-electron chi connectivity index (χ4n) is 3.84. The quantitative estimate of drug-likeness (QED) is 0.501. The van der Waals surface area contributed by atoms with E-state index in [4.69, 9.17) is 13.9 Å². The lowest BCUT2D eigenvalue weighted by Gasteiger charge is -2.26. The van der Waals surface area contributed by atoms with E-state index in [9.17, 15) is 5.11 Å². The maximum absolute atomic E-state index is 10.5. The van der Waals surface area contributed by atoms with Crippen molar-refractivity contribution >= 4 is 22.4 Å². The van der Waals surface area contributed by atoms with Crippen molar-refractivity contribution in [1.82, 2.24) is 19.6 Å². The van der Waals surface area contributed by atoms with Crippen molar-refractivity contribution in [3.05, 3.63) is 36.7 Å². The second-order valence-corrected chi connectivity index (χ2v) is 7.37. The van der Waals surface area contributed by atoms with Crippen molar-refractivity contribution in [2.45, 2.75) is 18.9 Å². The summed E-state index contributed by atoms with van der Waals surface area (Å²) in [5.74, 6) is 2.03. The molecule has 4 aromatic heterocycles. The second-order valence-electron chi connectivity index (χ2n) is 7.37. The van der Waals surface area contributed by atoms with E-state index >= 15 is 0 Å². The number of aliphatic hydroxyl groups excluding tert-OH is 1. The van der Waals surface area contributed by atoms with Gasteiger partial charge in [0.25, 0.3) is 0 Å². The number of furan rings is 1. The Morgan fingerprint density at radius 1 is 1.27 bits per heavy atom. The highest BCUT2D eigenvalue weighted by Gasteiger charge is 2.22. The molecule has 156 valence electrons. The van der Waals surface area contributed by atoms with Crippen LogP contribution in [-0.4, -0.2) is 57.7 Å². The topological polar surface area (TPSA) is 107 Å². The SMILES string of the molecule is COc1nccc2oc(-c3cnc4ccc(NCC(O)C5CCOCC5)nn34)cc12. The van der Waals surface area contributed by atoms with Crippen molar-refractivity contribution in [3.8, 4) is 17.3 Å². The van der Waals surface area contributed by atoms with Gasteiger partial charge in [-0.15, -0.1) is 5.10 Å². The monoisotopic (exact) mass is 409 g/mol. The van der Waals surface area contributed by atoms with Crippen LogP contribution in [0.3, 0.4) is 0 Å². The predicted molar refractivity (Wildman–Crippen MR) is 111 cm³/mol. The van der Waals surface area contributed by atoms with Gasteiger partial charge in [0.1, 0.15) is 17.1 Å². The molecule has 4 aromatic rings. The van der Waals surface area contributed by atoms with E-state index in [1.165, 1.54) is 0 Å². The lowest BCUT2D eigenvalue weighted by molar-refractivity contribution is 0.0131. The molecule has 1 aliphatic rings. The number of imidazole rings is 1. The molecule has 0 aromatic carbocycles. The summed E-state index contributed by atoms with van der Waals surface area (Å²) >= 11 is 0. The molecule has 0 radical (unpaired) electrons. The molecule has 0 amide bonds. The Balaban J connectivity index is 1.41. The van der Waals surface area contributed by atoms with E-state index in [0.717, 1.165) is 23.9 Å². The van der Waals surface area contributed by atoms with Crippen LogP contribution in [0.15, 0.2) is 41.1 Å². The van der Waals surface area contributed by atoms with E-state index < -0.39 is 6.10 Å². The molecule has 1 fully saturated rings. The first-order valence-electron chi connectivity index (χ1n) is 10.0. The largest absolute Gasteiger partial charge is 0.480 e. The maximum atomic E-state index is 10.5. The summed E-state index contributed by atoms with van der Waals surface area (Å²) in [6.07, 6.45) is 4.69. The highest BCUT2D eigenvalue weighted by molar-refractivity contribution is 5.86. The Morgan fingerprint density at radius 3 is 2.97 bits per heavy atom. The molecular weight excluding hydrogens is 386 g/mol. The van der Waals surface area contributed by atoms with Crippen LogP contribution in [0.4, 0.5) is 5.82 Å². The molecule has 5 rings (SSSR count). The zero-order chi connectivity index (χ0) is 20.5. The summed E-state index contributed by atoms with van der Waals surface area (Å²) in [6.45, 7) is 1.85. The van der Waals surface area contributed by atoms with Crippen molar-refractivity contribution in [3.63, 3.8) is 0 Å². The first kappa shape index (κ1) is 18.8. The minimum atomic E-state index is -0.441. The number of methoxy groups -OCH3 is 1. The van der Waals surface area contributed by atoms with E-state index in [1.807, 2.05) is 18.2 Å². The van der Waals surface area contributed by atoms with Gasteiger partial charge in [-0.1, -0.05) is 0 Å². The van der Waals surface area contributed by atoms with Gasteiger partial charge in [-0.2, -0.15) is 0 Å². The number of nitrogens with zero attached hydrogens (tertiary/aromatic N) is 4. The van der Waals surface area contributed by atoms with Crippen LogP contribution < -0.4 is 10.1 Å². The van der Waals surface area contributed by atoms with Gasteiger partial charge in [-0.3, -0.25) is 0 Å². The van der Waals surface area contributed by atoms with Crippen LogP contribution in [0.5, 0.6) is 5.88 Å². The van der Waals surface area contributed by atoms with E-state index in [-0.39, 0.29) is 5.92 Å². The number of ether oxygens (including phenoxy) is 2. The molecule has 0 saturated carbocycles. The van der Waals surface area contributed by atoms with Crippen molar-refractivity contribution in [2.75, 3.05) is 32.2 Å². The Bertz CT molecular complexity index is 1160. The number of pyridine rings is 1. The summed E-state index contributed by atoms with van der Waals surface area (Å²) in [5.41, 5.74) is 2.10. The Kier molecular flexibility index (Phi) is 4.97. The van der Waals surface area contributed by atoms with Gasteiger partial charge >= 0.3 is 0 Å². The van der Waals surface area contributed by atoms with Crippen LogP contribution in [0, 0.1) is 5.92 Å². The molecule has 5 heterocycles. The Labute approximate surface area is 172 Å². The molecule has 9 heteroatoms. The van der Waals surface area contributed by atoms with Gasteiger partial charge in [-0.25, -0.2) is 14.5 Å². The number of fused-ring (bicyclic) bond motifs is 2. The Morgan fingerprint density at radius 2 is 2.13 bits per heavy atom. The number of aliphatic hydroxyl groups is 1. The molecule has 0 bridgehead atoms. The minimum absolute atomic E-state index is 0.248. The van der Waals surface area contributed by atoms with Gasteiger partial charge in [0.2, 0.25) is 5.88 Å². The molecule has 1 aliphatic heterocycles. The molecule has 0 spiro atoms. The highest BCUT2D eigenvalue weighted by Crippen LogP contribution is 2.32. The van der Waals surface area contributed by atoms with Gasteiger partial charge < -0.3 is 24.3 Å². The highest BCUT2D eigenvalue weighted by atomic mass is 16.5. The summed E-state index contributed by atoms with van der Waals surface area (Å²) in [7, 11) is 1.58. The summed E-state index contributed by atoms with van der Waals surface area (Å²) in [5, 5.41) is 19.1. The first-order chi connectivity index (χ1) is 14.7. The van der Waals surface area contributed by atoms with Crippen LogP contribution in [-0.2, 0) is 4.74 Å². The van der Waals surface area contributed by atoms with Crippen LogP contribution in [0.2, 0.25) is 0 Å². The van der Waals surface area contributed by atoms with Crippen molar-refractivity contribution in [2.24, 2.45) is 5.92 Å². The number of aromatic nitrogens is 4. The first-order valence-corrected chi connectivity index (χ1v) is 10.0. The smallest absolute Gasteiger partial charge is 0.224 e. The normalized spacial score (nSPS) is 16.2. The van der Waals surface area contributed by atoms with Crippen LogP contribution >= 0.6 is 0 Å². The number of rotatable bonds is 6. The number of hydrogen-bond acceptors (Lipinski definition) is 8. The molecule has 9 nitrogen and oxygen atoms in total. The number of hydrogen-bond donors (Lipinski definition) is 2. The fourth-order valence-corrected chi connectivity index (χ4v) is 3.84. The maximum Gasteiger partial charge on any atom is 0.224 e. The Hall–Kier alpha value is -3.17. The van der Waals surface area contributed by atoms with Gasteiger partial charge in [0.15, 0.2) is 11.4 Å². The van der Waals surface area contributed by atoms with E-state index in [1.54, 1.807) is 30.1 Å². The molecule has 1 atom stereocenters. The third-order valence-electron chi connectivity index (χ3n) is 5.52. The summed E-state index contributed by atoms with van der Waals surface area (Å²) in [4.78, 5) is 8.63. The van der Waals surface area contributed by atoms with Gasteiger partial charge in [-0.05, 0) is 37.0 Å². The molecule has 0 aliphatic carbocycles. The van der Waals surface area contributed by atoms with Crippen molar-refractivity contribution in [1.29, 1.82) is 0 Å². The molecule has 2 N–H and O–H groups in total. The lowest BCUT2D eigenvalue weighted by Crippen LogP contribution is -2.32. The van der Waals surface area contributed by atoms with Gasteiger partial charge in [0.05, 0.1) is 24.8 Å². The van der Waals surface area contributed by atoms with E-state index in [2.05, 4.69) is 20.4 Å². The minimum Gasteiger partial charge on any atom is -0.480 e. The molecule has 1 saturated heterocycles. The third-order valence-corrected chi connectivity index (χ3v) is 5.52. The molecular formula is C21H23N5O4. The fraction of sp³-hybridized carbons (Fsp3) is 0.381. The zero-order valence-corrected chi connectivity index (χ0v) is 16.6. The van der Waals surface area contributed by atoms with E-state index in [0.29, 0.717) is 48.4 Å². The van der Waals surface area contributed by atoms with Crippen LogP contribution in [0.1, 0.15) is 12.8 Å². The van der Waals surface area contributed by atoms with Crippen LogP contribution in [0.25, 0.3) is 28.1 Å². The number of anilines is 1. The molecule has 30 heavy (non-hydrogen) atoms. The standard InChI is InChI=1S/C21H23N5O4/c1-28-21-14-10-18(30-17(14)4-7-22-21)15-11-24-20-3-2-19(25-26(15)20)23-12-16(27)13-5-8-29-9-6-13/h2-4,7,10-11,13,16,27H,5-6,8-9,12H2,1H3,(H,23,25). The molecule has 1 unspecified atom stereocenters. The zero-order valence-electron chi connectivity index (χ0n) is 16.6. The average molecular weight is 409 g/mol.